The molecule has 0 radical (unpaired) electrons. The van der Waals surface area contributed by atoms with E-state index in [2.05, 4.69) is 261 Å². The molecule has 2 aliphatic heterocycles. The zero-order valence-electron chi connectivity index (χ0n) is 39.2. The first-order chi connectivity index (χ1) is 33.9. The molecular weight excluding hydrogens is 852 g/mol. The summed E-state index contributed by atoms with van der Waals surface area (Å²) in [5, 5.41) is 0. The van der Waals surface area contributed by atoms with Gasteiger partial charge in [-0.2, -0.15) is 0 Å². The number of thiophene rings is 1. The molecule has 0 saturated heterocycles. The minimum atomic E-state index is -0.463. The monoisotopic (exact) mass is 900 g/mol. The molecule has 2 nitrogen and oxygen atoms in total. The number of rotatable bonds is 6. The second kappa shape index (κ2) is 15.2. The van der Waals surface area contributed by atoms with Crippen LogP contribution in [0.3, 0.4) is 0 Å². The summed E-state index contributed by atoms with van der Waals surface area (Å²) < 4.78 is 1.40. The van der Waals surface area contributed by atoms with Crippen LogP contribution in [-0.4, -0.2) is 6.71 Å². The SMILES string of the molecule is CC(C)c1ccc(-c2ccccc2)c(-c2ccc3c(c2)N(c2ccccc2)c2cccc4c2B3c2sc3c(c2N4c2ccccc2)-c2ccc(C(C)C)cc2C32c3ccccc3-c3ccccc32)c1. The fraction of sp³-hybridized carbons (Fsp3) is 0.108. The highest BCUT2D eigenvalue weighted by molar-refractivity contribution is 7.30. The minimum Gasteiger partial charge on any atom is -0.311 e. The van der Waals surface area contributed by atoms with Crippen molar-refractivity contribution in [2.75, 3.05) is 9.80 Å². The number of hydrogen-bond acceptors (Lipinski definition) is 3. The smallest absolute Gasteiger partial charge is 0.264 e. The maximum Gasteiger partial charge on any atom is 0.264 e. The van der Waals surface area contributed by atoms with E-state index in [1.54, 1.807) is 0 Å². The summed E-state index contributed by atoms with van der Waals surface area (Å²) in [6, 6.07) is 80.5. The highest BCUT2D eigenvalue weighted by Crippen LogP contribution is 2.67. The number of para-hydroxylation sites is 2. The van der Waals surface area contributed by atoms with Gasteiger partial charge < -0.3 is 9.80 Å². The standard InChI is InChI=1S/C65H49BN2S/c1-40(2)43-31-34-48(42-19-8-5-9-20-42)52(37-43)45-33-36-56-59(39-45)67(46-21-10-6-11-22-46)57-29-18-30-58-61(57)66(56)64-62(68(58)47-23-12-7-13-24-47)60-51-35-32-44(41(3)4)38-55(51)65(63(60)69-64)53-27-16-14-25-49(53)50-26-15-17-28-54(50)65/h5-41H,1-4H3. The molecule has 0 unspecified atom stereocenters. The van der Waals surface area contributed by atoms with Crippen molar-refractivity contribution >= 4 is 67.9 Å². The van der Waals surface area contributed by atoms with Crippen LogP contribution in [0.1, 0.15) is 72.2 Å². The molecule has 0 atom stereocenters. The molecule has 0 bridgehead atoms. The Labute approximate surface area is 409 Å². The average molecular weight is 901 g/mol. The molecule has 0 amide bonds. The molecule has 1 aromatic heterocycles. The first kappa shape index (κ1) is 40.4. The summed E-state index contributed by atoms with van der Waals surface area (Å²) in [5.41, 5.74) is 26.8. The lowest BCUT2D eigenvalue weighted by molar-refractivity contribution is 0.799. The van der Waals surface area contributed by atoms with Gasteiger partial charge in [0.25, 0.3) is 6.71 Å². The maximum atomic E-state index is 2.62. The Kier molecular flexibility index (Phi) is 8.89. The number of hydrogen-bond donors (Lipinski definition) is 0. The summed E-state index contributed by atoms with van der Waals surface area (Å²) in [6.07, 6.45) is 0. The molecule has 69 heavy (non-hydrogen) atoms. The van der Waals surface area contributed by atoms with Crippen molar-refractivity contribution in [3.8, 4) is 44.5 Å². The van der Waals surface area contributed by atoms with Crippen LogP contribution in [0.4, 0.5) is 34.1 Å². The third-order valence-electron chi connectivity index (χ3n) is 15.6. The van der Waals surface area contributed by atoms with Crippen molar-refractivity contribution in [2.45, 2.75) is 44.9 Å². The van der Waals surface area contributed by atoms with Gasteiger partial charge in [0.05, 0.1) is 11.1 Å². The van der Waals surface area contributed by atoms with E-state index in [0.717, 1.165) is 5.69 Å². The molecule has 10 aromatic rings. The Morgan fingerprint density at radius 2 is 0.986 bits per heavy atom. The summed E-state index contributed by atoms with van der Waals surface area (Å²) in [4.78, 5) is 6.60. The highest BCUT2D eigenvalue weighted by Gasteiger charge is 2.57. The van der Waals surface area contributed by atoms with Crippen LogP contribution in [0.25, 0.3) is 44.5 Å². The van der Waals surface area contributed by atoms with Gasteiger partial charge in [0.1, 0.15) is 0 Å². The Hall–Kier alpha value is -7.66. The quantitative estimate of drug-likeness (QED) is 0.153. The zero-order valence-corrected chi connectivity index (χ0v) is 40.1. The molecule has 14 rings (SSSR count). The van der Waals surface area contributed by atoms with Gasteiger partial charge in [-0.05, 0) is 132 Å². The van der Waals surface area contributed by atoms with Crippen LogP contribution in [0.15, 0.2) is 212 Å². The number of anilines is 6. The van der Waals surface area contributed by atoms with E-state index in [4.69, 9.17) is 0 Å². The molecule has 328 valence electrons. The van der Waals surface area contributed by atoms with Gasteiger partial charge >= 0.3 is 0 Å². The van der Waals surface area contributed by atoms with E-state index in [0.29, 0.717) is 11.8 Å². The molecule has 3 heterocycles. The van der Waals surface area contributed by atoms with Crippen molar-refractivity contribution in [3.05, 3.63) is 245 Å². The van der Waals surface area contributed by atoms with E-state index in [9.17, 15) is 0 Å². The van der Waals surface area contributed by atoms with Gasteiger partial charge in [0, 0.05) is 43.7 Å². The molecule has 9 aromatic carbocycles. The summed E-state index contributed by atoms with van der Waals surface area (Å²) in [5.74, 6) is 0.793. The third kappa shape index (κ3) is 5.61. The van der Waals surface area contributed by atoms with Crippen LogP contribution >= 0.6 is 11.3 Å². The molecule has 4 heteroatoms. The van der Waals surface area contributed by atoms with Crippen LogP contribution < -0.4 is 25.5 Å². The number of nitrogens with zero attached hydrogens (tertiary/aromatic N) is 2. The van der Waals surface area contributed by atoms with E-state index < -0.39 is 5.41 Å². The predicted octanol–water partition coefficient (Wildman–Crippen LogP) is 15.8. The second-order valence-corrected chi connectivity index (χ2v) is 21.0. The lowest BCUT2D eigenvalue weighted by Gasteiger charge is -2.43. The van der Waals surface area contributed by atoms with Gasteiger partial charge in [-0.15, -0.1) is 11.3 Å². The van der Waals surface area contributed by atoms with Gasteiger partial charge in [-0.1, -0.05) is 198 Å². The summed E-state index contributed by atoms with van der Waals surface area (Å²) >= 11 is 2.06. The van der Waals surface area contributed by atoms with Gasteiger partial charge in [-0.25, -0.2) is 0 Å². The fourth-order valence-electron chi connectivity index (χ4n) is 12.5. The van der Waals surface area contributed by atoms with Crippen LogP contribution in [0, 0.1) is 0 Å². The fourth-order valence-corrected chi connectivity index (χ4v) is 14.2. The normalized spacial score (nSPS) is 14.1. The first-order valence-corrected chi connectivity index (χ1v) is 25.4. The maximum absolute atomic E-state index is 2.62. The predicted molar refractivity (Wildman–Crippen MR) is 294 cm³/mol. The van der Waals surface area contributed by atoms with Crippen LogP contribution in [0.5, 0.6) is 0 Å². The van der Waals surface area contributed by atoms with E-state index in [1.807, 2.05) is 0 Å². The Morgan fingerprint density at radius 1 is 0.420 bits per heavy atom. The largest absolute Gasteiger partial charge is 0.311 e. The lowest BCUT2D eigenvalue weighted by atomic mass is 9.36. The van der Waals surface area contributed by atoms with E-state index in [1.165, 1.54) is 121 Å². The van der Waals surface area contributed by atoms with Crippen LogP contribution in [-0.2, 0) is 5.41 Å². The van der Waals surface area contributed by atoms with Crippen molar-refractivity contribution in [1.82, 2.24) is 0 Å². The third-order valence-corrected chi connectivity index (χ3v) is 17.0. The zero-order chi connectivity index (χ0) is 46.1. The molecule has 2 aliphatic carbocycles. The molecule has 4 aliphatic rings. The molecule has 0 fully saturated rings. The minimum absolute atomic E-state index is 0.0105. The van der Waals surface area contributed by atoms with Gasteiger partial charge in [-0.3, -0.25) is 0 Å². The second-order valence-electron chi connectivity index (χ2n) is 19.9. The summed E-state index contributed by atoms with van der Waals surface area (Å²) in [7, 11) is 0. The van der Waals surface area contributed by atoms with Crippen molar-refractivity contribution < 1.29 is 0 Å². The lowest BCUT2D eigenvalue weighted by Crippen LogP contribution is -2.60. The molecule has 1 spiro atoms. The summed E-state index contributed by atoms with van der Waals surface area (Å²) in [6.45, 7) is 9.25. The van der Waals surface area contributed by atoms with Crippen molar-refractivity contribution in [3.63, 3.8) is 0 Å². The van der Waals surface area contributed by atoms with E-state index in [-0.39, 0.29) is 6.71 Å². The molecular formula is C65H49BN2S. The highest BCUT2D eigenvalue weighted by atomic mass is 32.1. The Balaban J connectivity index is 1.09. The van der Waals surface area contributed by atoms with Crippen molar-refractivity contribution in [2.24, 2.45) is 0 Å². The number of fused-ring (bicyclic) bond motifs is 15. The Bertz CT molecular complexity index is 3660. The molecule has 0 saturated carbocycles. The number of benzene rings is 9. The topological polar surface area (TPSA) is 6.48 Å². The van der Waals surface area contributed by atoms with Gasteiger partial charge in [0.2, 0.25) is 0 Å². The van der Waals surface area contributed by atoms with Gasteiger partial charge in [0.15, 0.2) is 0 Å². The van der Waals surface area contributed by atoms with Crippen LogP contribution in [0.2, 0.25) is 0 Å². The van der Waals surface area contributed by atoms with Crippen molar-refractivity contribution in [1.29, 1.82) is 0 Å². The molecule has 0 N–H and O–H groups in total. The first-order valence-electron chi connectivity index (χ1n) is 24.6. The van der Waals surface area contributed by atoms with E-state index >= 15 is 0 Å². The average Bonchev–Trinajstić information content (AvgIpc) is 4.03. The Morgan fingerprint density at radius 3 is 1.64 bits per heavy atom.